The molecule has 6 nitrogen and oxygen atoms in total. The monoisotopic (exact) mass is 404 g/mol. The number of nitrogens with one attached hydrogen (secondary N) is 2. The molecule has 0 radical (unpaired) electrons. The van der Waals surface area contributed by atoms with Gasteiger partial charge in [-0.1, -0.05) is 41.9 Å². The summed E-state index contributed by atoms with van der Waals surface area (Å²) in [5.74, 6) is -2.84. The van der Waals surface area contributed by atoms with Crippen molar-refractivity contribution in [3.05, 3.63) is 70.6 Å². The first-order chi connectivity index (χ1) is 13.3. The molecule has 0 saturated carbocycles. The molecule has 2 aromatic carbocycles. The molecule has 0 aliphatic rings. The number of benzene rings is 2. The lowest BCUT2D eigenvalue weighted by atomic mass is 10.2. The van der Waals surface area contributed by atoms with Crippen LogP contribution in [0.1, 0.15) is 19.4 Å². The van der Waals surface area contributed by atoms with Gasteiger partial charge in [0.1, 0.15) is 11.5 Å². The maximum absolute atomic E-state index is 13.8. The summed E-state index contributed by atoms with van der Waals surface area (Å²) in [6, 6.07) is 12.5. The van der Waals surface area contributed by atoms with Crippen molar-refractivity contribution in [3.63, 3.8) is 0 Å². The third-order valence-electron chi connectivity index (χ3n) is 3.48. The molecule has 0 aliphatic carbocycles. The summed E-state index contributed by atoms with van der Waals surface area (Å²) in [7, 11) is 0. The average molecular weight is 405 g/mol. The zero-order valence-electron chi connectivity index (χ0n) is 15.2. The molecular formula is C20H18ClFN2O4. The van der Waals surface area contributed by atoms with Gasteiger partial charge in [0, 0.05) is 11.9 Å². The van der Waals surface area contributed by atoms with E-state index in [9.17, 15) is 18.8 Å². The van der Waals surface area contributed by atoms with Crippen molar-refractivity contribution < 1.29 is 23.5 Å². The van der Waals surface area contributed by atoms with Crippen molar-refractivity contribution >= 4 is 41.1 Å². The minimum absolute atomic E-state index is 0.0980. The van der Waals surface area contributed by atoms with Crippen LogP contribution in [-0.2, 0) is 19.1 Å². The van der Waals surface area contributed by atoms with Gasteiger partial charge in [-0.3, -0.25) is 9.59 Å². The van der Waals surface area contributed by atoms with Crippen molar-refractivity contribution in [1.82, 2.24) is 5.32 Å². The number of carbonyl (C=O) groups is 3. The first-order valence-corrected chi connectivity index (χ1v) is 8.65. The Kier molecular flexibility index (Phi) is 7.28. The van der Waals surface area contributed by atoms with E-state index < -0.39 is 29.7 Å². The Balaban J connectivity index is 2.09. The highest BCUT2D eigenvalue weighted by Gasteiger charge is 2.22. The molecule has 8 heteroatoms. The lowest BCUT2D eigenvalue weighted by Crippen LogP contribution is -2.34. The van der Waals surface area contributed by atoms with Gasteiger partial charge in [0.25, 0.3) is 5.91 Å². The summed E-state index contributed by atoms with van der Waals surface area (Å²) in [6.45, 7) is 2.57. The number of hydrogen-bond donors (Lipinski definition) is 2. The molecule has 0 spiro atoms. The van der Waals surface area contributed by atoms with E-state index in [2.05, 4.69) is 10.6 Å². The van der Waals surface area contributed by atoms with Gasteiger partial charge < -0.3 is 15.4 Å². The molecule has 2 amide bonds. The van der Waals surface area contributed by atoms with E-state index in [1.54, 1.807) is 30.3 Å². The first kappa shape index (κ1) is 21.1. The molecule has 2 N–H and O–H groups in total. The van der Waals surface area contributed by atoms with Crippen molar-refractivity contribution in [2.24, 2.45) is 0 Å². The molecule has 0 unspecified atom stereocenters. The SMILES string of the molecule is CC(=O)N/C(=C\c1ccccc1)C(=O)O[C@@H](C)C(=O)Nc1ccc(Cl)cc1F. The van der Waals surface area contributed by atoms with Crippen molar-refractivity contribution in [2.75, 3.05) is 5.32 Å². The Morgan fingerprint density at radius 1 is 1.14 bits per heavy atom. The molecule has 0 fully saturated rings. The molecule has 0 bridgehead atoms. The van der Waals surface area contributed by atoms with Crippen LogP contribution in [0.3, 0.4) is 0 Å². The predicted octanol–water partition coefficient (Wildman–Crippen LogP) is 3.53. The lowest BCUT2D eigenvalue weighted by Gasteiger charge is -2.15. The van der Waals surface area contributed by atoms with Crippen LogP contribution in [0.25, 0.3) is 6.08 Å². The summed E-state index contributed by atoms with van der Waals surface area (Å²) >= 11 is 5.66. The average Bonchev–Trinajstić information content (AvgIpc) is 2.63. The second-order valence-corrected chi connectivity index (χ2v) is 6.25. The molecule has 2 rings (SSSR count). The minimum Gasteiger partial charge on any atom is -0.448 e. The predicted molar refractivity (Wildman–Crippen MR) is 104 cm³/mol. The topological polar surface area (TPSA) is 84.5 Å². The fraction of sp³-hybridized carbons (Fsp3) is 0.150. The van der Waals surface area contributed by atoms with Gasteiger partial charge in [-0.25, -0.2) is 9.18 Å². The fourth-order valence-electron chi connectivity index (χ4n) is 2.15. The molecule has 0 saturated heterocycles. The van der Waals surface area contributed by atoms with E-state index in [4.69, 9.17) is 16.3 Å². The quantitative estimate of drug-likeness (QED) is 0.570. The third kappa shape index (κ3) is 6.21. The van der Waals surface area contributed by atoms with Crippen molar-refractivity contribution in [3.8, 4) is 0 Å². The van der Waals surface area contributed by atoms with Crippen LogP contribution in [0.5, 0.6) is 0 Å². The molecule has 0 heterocycles. The zero-order chi connectivity index (χ0) is 20.7. The maximum atomic E-state index is 13.8. The van der Waals surface area contributed by atoms with Gasteiger partial charge in [0.15, 0.2) is 6.10 Å². The standard InChI is InChI=1S/C20H18ClFN2O4/c1-12(19(26)24-17-9-8-15(21)11-16(17)22)28-20(27)18(23-13(2)25)10-14-6-4-3-5-7-14/h3-12H,1-2H3,(H,23,25)(H,24,26)/b18-10-/t12-/m0/s1. The van der Waals surface area contributed by atoms with E-state index in [0.717, 1.165) is 6.07 Å². The second-order valence-electron chi connectivity index (χ2n) is 5.81. The lowest BCUT2D eigenvalue weighted by molar-refractivity contribution is -0.149. The Hall–Kier alpha value is -3.19. The first-order valence-electron chi connectivity index (χ1n) is 8.27. The molecule has 146 valence electrons. The summed E-state index contributed by atoms with van der Waals surface area (Å²) in [5, 5.41) is 4.88. The molecule has 0 aromatic heterocycles. The fourth-order valence-corrected chi connectivity index (χ4v) is 2.31. The van der Waals surface area contributed by atoms with E-state index in [1.807, 2.05) is 0 Å². The Bertz CT molecular complexity index is 916. The van der Waals surface area contributed by atoms with Gasteiger partial charge in [0.2, 0.25) is 5.91 Å². The van der Waals surface area contributed by atoms with Gasteiger partial charge in [-0.05, 0) is 36.8 Å². The normalized spacial score (nSPS) is 12.1. The minimum atomic E-state index is -1.24. The zero-order valence-corrected chi connectivity index (χ0v) is 15.9. The molecular weight excluding hydrogens is 387 g/mol. The van der Waals surface area contributed by atoms with Gasteiger partial charge in [0.05, 0.1) is 5.69 Å². The highest BCUT2D eigenvalue weighted by Crippen LogP contribution is 2.19. The summed E-state index contributed by atoms with van der Waals surface area (Å²) in [4.78, 5) is 36.0. The third-order valence-corrected chi connectivity index (χ3v) is 3.72. The van der Waals surface area contributed by atoms with Crippen LogP contribution >= 0.6 is 11.6 Å². The molecule has 1 atom stereocenters. The van der Waals surface area contributed by atoms with E-state index in [-0.39, 0.29) is 16.4 Å². The summed E-state index contributed by atoms with van der Waals surface area (Å²) in [6.07, 6.45) is 0.184. The summed E-state index contributed by atoms with van der Waals surface area (Å²) < 4.78 is 18.9. The highest BCUT2D eigenvalue weighted by molar-refractivity contribution is 6.30. The molecule has 0 aliphatic heterocycles. The number of halogens is 2. The van der Waals surface area contributed by atoms with Crippen molar-refractivity contribution in [1.29, 1.82) is 0 Å². The Labute approximate surface area is 166 Å². The van der Waals surface area contributed by atoms with Crippen LogP contribution < -0.4 is 10.6 Å². The molecule has 28 heavy (non-hydrogen) atoms. The van der Waals surface area contributed by atoms with Crippen LogP contribution in [0.4, 0.5) is 10.1 Å². The number of carbonyl (C=O) groups excluding carboxylic acids is 3. The number of ether oxygens (including phenoxy) is 1. The number of amides is 2. The number of hydrogen-bond acceptors (Lipinski definition) is 4. The Morgan fingerprint density at radius 3 is 2.43 bits per heavy atom. The van der Waals surface area contributed by atoms with Gasteiger partial charge in [-0.2, -0.15) is 0 Å². The van der Waals surface area contributed by atoms with Crippen LogP contribution in [-0.4, -0.2) is 23.9 Å². The molecule has 2 aromatic rings. The van der Waals surface area contributed by atoms with E-state index in [0.29, 0.717) is 5.56 Å². The number of anilines is 1. The van der Waals surface area contributed by atoms with Gasteiger partial charge in [-0.15, -0.1) is 0 Å². The summed E-state index contributed by atoms with van der Waals surface area (Å²) in [5.41, 5.74) is 0.429. The van der Waals surface area contributed by atoms with Crippen LogP contribution in [0.15, 0.2) is 54.2 Å². The van der Waals surface area contributed by atoms with E-state index in [1.165, 1.54) is 32.1 Å². The van der Waals surface area contributed by atoms with Crippen LogP contribution in [0.2, 0.25) is 5.02 Å². The largest absolute Gasteiger partial charge is 0.448 e. The maximum Gasteiger partial charge on any atom is 0.355 e. The Morgan fingerprint density at radius 2 is 1.82 bits per heavy atom. The van der Waals surface area contributed by atoms with Crippen LogP contribution in [0, 0.1) is 5.82 Å². The van der Waals surface area contributed by atoms with Gasteiger partial charge >= 0.3 is 5.97 Å². The second kappa shape index (κ2) is 9.66. The van der Waals surface area contributed by atoms with Crippen molar-refractivity contribution in [2.45, 2.75) is 20.0 Å². The highest BCUT2D eigenvalue weighted by atomic mass is 35.5. The number of rotatable bonds is 6. The smallest absolute Gasteiger partial charge is 0.355 e. The number of esters is 1. The van der Waals surface area contributed by atoms with E-state index >= 15 is 0 Å².